The minimum Gasteiger partial charge on any atom is -0.385 e. The molecule has 2 unspecified atom stereocenters. The van der Waals surface area contributed by atoms with Crippen LogP contribution in [0.4, 0.5) is 0 Å². The topological polar surface area (TPSA) is 130 Å². The number of carbonyl (C=O) groups is 2. The highest BCUT2D eigenvalue weighted by molar-refractivity contribution is 7.47. The van der Waals surface area contributed by atoms with E-state index in [9.17, 15) is 29.3 Å². The molecule has 0 bridgehead atoms. The molecular weight excluding hydrogens is 327 g/mol. The van der Waals surface area contributed by atoms with E-state index in [1.54, 1.807) is 0 Å². The Morgan fingerprint density at radius 2 is 1.30 bits per heavy atom. The van der Waals surface area contributed by atoms with Crippen molar-refractivity contribution in [3.63, 3.8) is 0 Å². The first-order chi connectivity index (χ1) is 10.7. The SMILES string of the molecule is C=CC(=O)C(O)CCCOP(=O)(O)OCCCC(O)C(=O)C=C. The predicted octanol–water partition coefficient (Wildman–Crippen LogP) is 0.912. The Hall–Kier alpha value is -1.15. The van der Waals surface area contributed by atoms with Crippen LogP contribution in [-0.2, 0) is 23.2 Å². The first-order valence-corrected chi connectivity index (χ1v) is 8.53. The number of phosphoric acid groups is 1. The minimum absolute atomic E-state index is 0.0701. The van der Waals surface area contributed by atoms with Crippen LogP contribution >= 0.6 is 7.82 Å². The fraction of sp³-hybridized carbons (Fsp3) is 0.571. The Kier molecular flexibility index (Phi) is 10.8. The summed E-state index contributed by atoms with van der Waals surface area (Å²) in [4.78, 5) is 31.4. The van der Waals surface area contributed by atoms with Gasteiger partial charge < -0.3 is 15.1 Å². The van der Waals surface area contributed by atoms with Gasteiger partial charge >= 0.3 is 7.82 Å². The molecule has 0 aromatic heterocycles. The fourth-order valence-corrected chi connectivity index (χ4v) is 2.30. The molecule has 9 heteroatoms. The third-order valence-electron chi connectivity index (χ3n) is 2.81. The van der Waals surface area contributed by atoms with Crippen molar-refractivity contribution in [3.8, 4) is 0 Å². The largest absolute Gasteiger partial charge is 0.472 e. The molecule has 3 N–H and O–H groups in total. The van der Waals surface area contributed by atoms with Crippen molar-refractivity contribution in [3.05, 3.63) is 25.3 Å². The molecule has 2 atom stereocenters. The summed E-state index contributed by atoms with van der Waals surface area (Å²) in [6.07, 6.45) is 0.0795. The zero-order valence-corrected chi connectivity index (χ0v) is 13.7. The van der Waals surface area contributed by atoms with Crippen molar-refractivity contribution in [2.24, 2.45) is 0 Å². The van der Waals surface area contributed by atoms with Gasteiger partial charge in [-0.3, -0.25) is 18.6 Å². The van der Waals surface area contributed by atoms with Gasteiger partial charge in [-0.05, 0) is 37.8 Å². The summed E-state index contributed by atoms with van der Waals surface area (Å²) in [6, 6.07) is 0. The molecule has 0 radical (unpaired) electrons. The van der Waals surface area contributed by atoms with Crippen LogP contribution in [0.25, 0.3) is 0 Å². The number of hydrogen-bond donors (Lipinski definition) is 3. The molecule has 0 saturated heterocycles. The average Bonchev–Trinajstić information content (AvgIpc) is 2.53. The molecule has 0 aliphatic carbocycles. The molecule has 23 heavy (non-hydrogen) atoms. The standard InChI is InChI=1S/C14H23O8P/c1-3-11(15)13(17)7-5-9-21-23(19,20)22-10-6-8-14(18)12(16)4-2/h3-4,13-14,17-18H,1-2,5-10H2,(H,19,20). The van der Waals surface area contributed by atoms with Gasteiger partial charge in [0, 0.05) is 0 Å². The Bertz CT molecular complexity index is 424. The molecule has 0 fully saturated rings. The zero-order valence-electron chi connectivity index (χ0n) is 12.8. The number of aliphatic hydroxyl groups is 2. The molecule has 0 aliphatic rings. The van der Waals surface area contributed by atoms with Gasteiger partial charge in [0.1, 0.15) is 12.2 Å². The quantitative estimate of drug-likeness (QED) is 0.239. The van der Waals surface area contributed by atoms with Crippen LogP contribution < -0.4 is 0 Å². The number of ketones is 2. The van der Waals surface area contributed by atoms with E-state index in [4.69, 9.17) is 0 Å². The van der Waals surface area contributed by atoms with Gasteiger partial charge in [-0.1, -0.05) is 13.2 Å². The van der Waals surface area contributed by atoms with Gasteiger partial charge in [0.15, 0.2) is 11.6 Å². The summed E-state index contributed by atoms with van der Waals surface area (Å²) >= 11 is 0. The van der Waals surface area contributed by atoms with Crippen molar-refractivity contribution in [1.82, 2.24) is 0 Å². The van der Waals surface area contributed by atoms with Crippen LogP contribution in [0.3, 0.4) is 0 Å². The van der Waals surface area contributed by atoms with E-state index in [1.807, 2.05) is 0 Å². The van der Waals surface area contributed by atoms with Crippen molar-refractivity contribution in [1.29, 1.82) is 0 Å². The molecule has 0 aromatic rings. The van der Waals surface area contributed by atoms with E-state index < -0.39 is 31.6 Å². The molecular formula is C14H23O8P. The van der Waals surface area contributed by atoms with Crippen molar-refractivity contribution in [2.45, 2.75) is 37.9 Å². The Morgan fingerprint density at radius 1 is 0.957 bits per heavy atom. The lowest BCUT2D eigenvalue weighted by Crippen LogP contribution is -2.18. The highest BCUT2D eigenvalue weighted by atomic mass is 31.2. The van der Waals surface area contributed by atoms with E-state index in [2.05, 4.69) is 22.2 Å². The molecule has 0 saturated carbocycles. The molecule has 0 aliphatic heterocycles. The third-order valence-corrected chi connectivity index (χ3v) is 3.83. The van der Waals surface area contributed by atoms with E-state index in [0.717, 1.165) is 12.2 Å². The second-order valence-electron chi connectivity index (χ2n) is 4.66. The highest BCUT2D eigenvalue weighted by Gasteiger charge is 2.21. The van der Waals surface area contributed by atoms with E-state index >= 15 is 0 Å². The average molecular weight is 350 g/mol. The van der Waals surface area contributed by atoms with Gasteiger partial charge in [-0.25, -0.2) is 4.57 Å². The van der Waals surface area contributed by atoms with Gasteiger partial charge in [0.25, 0.3) is 0 Å². The fourth-order valence-electron chi connectivity index (χ4n) is 1.51. The molecule has 0 spiro atoms. The summed E-state index contributed by atoms with van der Waals surface area (Å²) in [5, 5.41) is 18.7. The van der Waals surface area contributed by atoms with Crippen LogP contribution in [0.2, 0.25) is 0 Å². The second-order valence-corrected chi connectivity index (χ2v) is 6.12. The maximum atomic E-state index is 11.5. The smallest absolute Gasteiger partial charge is 0.385 e. The number of rotatable bonds is 14. The van der Waals surface area contributed by atoms with E-state index in [0.29, 0.717) is 0 Å². The molecule has 0 heterocycles. The highest BCUT2D eigenvalue weighted by Crippen LogP contribution is 2.43. The first kappa shape index (κ1) is 21.9. The maximum absolute atomic E-state index is 11.5. The normalized spacial score (nSPS) is 16.1. The third kappa shape index (κ3) is 10.3. The molecule has 0 aromatic carbocycles. The lowest BCUT2D eigenvalue weighted by atomic mass is 10.1. The molecule has 8 nitrogen and oxygen atoms in total. The van der Waals surface area contributed by atoms with Crippen LogP contribution in [0, 0.1) is 0 Å². The summed E-state index contributed by atoms with van der Waals surface area (Å²) in [5.41, 5.74) is 0. The number of phosphoric ester groups is 1. The van der Waals surface area contributed by atoms with Crippen LogP contribution in [-0.4, -0.2) is 52.1 Å². The second kappa shape index (κ2) is 11.4. The van der Waals surface area contributed by atoms with Crippen LogP contribution in [0.15, 0.2) is 25.3 Å². The van der Waals surface area contributed by atoms with Crippen molar-refractivity contribution < 1.29 is 38.3 Å². The van der Waals surface area contributed by atoms with E-state index in [1.165, 1.54) is 0 Å². The van der Waals surface area contributed by atoms with Crippen LogP contribution in [0.1, 0.15) is 25.7 Å². The summed E-state index contributed by atoms with van der Waals surface area (Å²) in [6.45, 7) is 6.11. The predicted molar refractivity (Wildman–Crippen MR) is 82.6 cm³/mol. The molecule has 0 amide bonds. The zero-order chi connectivity index (χ0) is 17.9. The minimum atomic E-state index is -4.25. The number of hydrogen-bond acceptors (Lipinski definition) is 7. The summed E-state index contributed by atoms with van der Waals surface area (Å²) < 4.78 is 20.8. The van der Waals surface area contributed by atoms with Crippen molar-refractivity contribution >= 4 is 19.4 Å². The van der Waals surface area contributed by atoms with Crippen LogP contribution in [0.5, 0.6) is 0 Å². The number of carbonyl (C=O) groups excluding carboxylic acids is 2. The van der Waals surface area contributed by atoms with Gasteiger partial charge in [-0.2, -0.15) is 0 Å². The summed E-state index contributed by atoms with van der Waals surface area (Å²) in [7, 11) is -4.25. The van der Waals surface area contributed by atoms with Gasteiger partial charge in [0.05, 0.1) is 13.2 Å². The first-order valence-electron chi connectivity index (χ1n) is 7.04. The van der Waals surface area contributed by atoms with Crippen molar-refractivity contribution in [2.75, 3.05) is 13.2 Å². The Balaban J connectivity index is 3.87. The Labute approximate surface area is 135 Å². The van der Waals surface area contributed by atoms with Gasteiger partial charge in [0.2, 0.25) is 0 Å². The Morgan fingerprint density at radius 3 is 1.61 bits per heavy atom. The summed E-state index contributed by atoms with van der Waals surface area (Å²) in [5.74, 6) is -1.05. The lowest BCUT2D eigenvalue weighted by molar-refractivity contribution is -0.123. The lowest BCUT2D eigenvalue weighted by Gasteiger charge is -2.13. The molecule has 132 valence electrons. The monoisotopic (exact) mass is 350 g/mol. The van der Waals surface area contributed by atoms with Gasteiger partial charge in [-0.15, -0.1) is 0 Å². The maximum Gasteiger partial charge on any atom is 0.472 e. The molecule has 0 rings (SSSR count). The number of aliphatic hydroxyl groups excluding tert-OH is 2. The van der Waals surface area contributed by atoms with E-state index in [-0.39, 0.29) is 38.9 Å².